The smallest absolute Gasteiger partial charge is 0.147 e. The number of thioether (sulfide) groups is 1. The Morgan fingerprint density at radius 1 is 1.44 bits per heavy atom. The van der Waals surface area contributed by atoms with E-state index in [9.17, 15) is 4.79 Å². The number of ketones is 1. The van der Waals surface area contributed by atoms with Crippen LogP contribution in [0.15, 0.2) is 23.1 Å². The SMILES string of the molecule is Cc1cccc2c1S[C@@H]1C(=O)CCC[C@]21C. The largest absolute Gasteiger partial charge is 0.298 e. The van der Waals surface area contributed by atoms with E-state index in [-0.39, 0.29) is 10.7 Å². The third kappa shape index (κ3) is 1.22. The molecule has 0 radical (unpaired) electrons. The Bertz CT molecular complexity index is 466. The van der Waals surface area contributed by atoms with Crippen LogP contribution in [-0.2, 0) is 10.2 Å². The van der Waals surface area contributed by atoms with Crippen LogP contribution in [0.2, 0.25) is 0 Å². The maximum Gasteiger partial charge on any atom is 0.147 e. The molecule has 3 rings (SSSR count). The van der Waals surface area contributed by atoms with Crippen molar-refractivity contribution in [2.75, 3.05) is 0 Å². The molecule has 1 aliphatic carbocycles. The van der Waals surface area contributed by atoms with E-state index in [1.165, 1.54) is 16.0 Å². The number of carbonyl (C=O) groups is 1. The molecule has 84 valence electrons. The number of hydrogen-bond acceptors (Lipinski definition) is 2. The van der Waals surface area contributed by atoms with E-state index < -0.39 is 0 Å². The van der Waals surface area contributed by atoms with Crippen molar-refractivity contribution < 1.29 is 4.79 Å². The lowest BCUT2D eigenvalue weighted by atomic mass is 9.70. The zero-order chi connectivity index (χ0) is 11.3. The number of carbonyl (C=O) groups excluding carboxylic acids is 1. The molecule has 0 saturated heterocycles. The van der Waals surface area contributed by atoms with Crippen molar-refractivity contribution in [1.29, 1.82) is 0 Å². The molecule has 1 aromatic rings. The molecule has 2 heteroatoms. The second-order valence-corrected chi connectivity index (χ2v) is 6.30. The van der Waals surface area contributed by atoms with Crippen LogP contribution in [0.1, 0.15) is 37.3 Å². The monoisotopic (exact) mass is 232 g/mol. The molecule has 1 saturated carbocycles. The number of benzene rings is 1. The number of rotatable bonds is 0. The van der Waals surface area contributed by atoms with Gasteiger partial charge in [-0.15, -0.1) is 11.8 Å². The summed E-state index contributed by atoms with van der Waals surface area (Å²) < 4.78 is 0. The van der Waals surface area contributed by atoms with Gasteiger partial charge in [0.1, 0.15) is 5.78 Å². The fourth-order valence-electron chi connectivity index (χ4n) is 3.10. The first kappa shape index (κ1) is 10.4. The van der Waals surface area contributed by atoms with Crippen LogP contribution in [0.5, 0.6) is 0 Å². The molecule has 1 heterocycles. The van der Waals surface area contributed by atoms with Crippen molar-refractivity contribution in [3.8, 4) is 0 Å². The number of aryl methyl sites for hydroxylation is 1. The van der Waals surface area contributed by atoms with Gasteiger partial charge in [-0.2, -0.15) is 0 Å². The molecule has 0 spiro atoms. The lowest BCUT2D eigenvalue weighted by Gasteiger charge is -2.34. The third-order valence-corrected chi connectivity index (χ3v) is 5.85. The van der Waals surface area contributed by atoms with Crippen LogP contribution in [0.25, 0.3) is 0 Å². The fraction of sp³-hybridized carbons (Fsp3) is 0.500. The van der Waals surface area contributed by atoms with E-state index in [2.05, 4.69) is 32.0 Å². The van der Waals surface area contributed by atoms with Crippen molar-refractivity contribution in [1.82, 2.24) is 0 Å². The minimum atomic E-state index is 0.0986. The van der Waals surface area contributed by atoms with E-state index in [0.29, 0.717) is 5.78 Å². The van der Waals surface area contributed by atoms with Gasteiger partial charge in [0.2, 0.25) is 0 Å². The Balaban J connectivity index is 2.17. The summed E-state index contributed by atoms with van der Waals surface area (Å²) in [7, 11) is 0. The summed E-state index contributed by atoms with van der Waals surface area (Å²) in [5, 5.41) is 0.178. The van der Waals surface area contributed by atoms with Crippen LogP contribution in [0.3, 0.4) is 0 Å². The normalized spacial score (nSPS) is 32.4. The molecule has 16 heavy (non-hydrogen) atoms. The number of Topliss-reactive ketones (excluding diaryl/α,β-unsaturated/α-hetero) is 1. The molecular formula is C14H16OS. The summed E-state index contributed by atoms with van der Waals surface area (Å²) >= 11 is 1.80. The first-order valence-electron chi connectivity index (χ1n) is 5.92. The van der Waals surface area contributed by atoms with Crippen LogP contribution in [0.4, 0.5) is 0 Å². The Morgan fingerprint density at radius 2 is 2.25 bits per heavy atom. The standard InChI is InChI=1S/C14H16OS/c1-9-5-3-6-10-12(9)16-13-11(15)7-4-8-14(10,13)2/h3,5-6,13H,4,7-8H2,1-2H3/t13-,14-/m1/s1. The summed E-state index contributed by atoms with van der Waals surface area (Å²) in [6, 6.07) is 6.49. The van der Waals surface area contributed by atoms with Gasteiger partial charge >= 0.3 is 0 Å². The van der Waals surface area contributed by atoms with Gasteiger partial charge in [0.25, 0.3) is 0 Å². The zero-order valence-electron chi connectivity index (χ0n) is 9.75. The highest BCUT2D eigenvalue weighted by Crippen LogP contribution is 2.55. The van der Waals surface area contributed by atoms with Gasteiger partial charge in [0.15, 0.2) is 0 Å². The highest BCUT2D eigenvalue weighted by molar-refractivity contribution is 8.01. The van der Waals surface area contributed by atoms with E-state index in [0.717, 1.165) is 19.3 Å². The van der Waals surface area contributed by atoms with Gasteiger partial charge in [0, 0.05) is 16.7 Å². The molecule has 2 aliphatic rings. The maximum absolute atomic E-state index is 12.0. The van der Waals surface area contributed by atoms with Crippen molar-refractivity contribution in [2.24, 2.45) is 0 Å². The van der Waals surface area contributed by atoms with Crippen molar-refractivity contribution in [3.63, 3.8) is 0 Å². The van der Waals surface area contributed by atoms with Crippen molar-refractivity contribution in [2.45, 2.75) is 48.7 Å². The summed E-state index contributed by atoms with van der Waals surface area (Å²) in [5.74, 6) is 0.453. The third-order valence-electron chi connectivity index (χ3n) is 4.05. The molecule has 0 unspecified atom stereocenters. The van der Waals surface area contributed by atoms with Crippen molar-refractivity contribution >= 4 is 17.5 Å². The Hall–Kier alpha value is -0.760. The predicted octanol–water partition coefficient (Wildman–Crippen LogP) is 3.48. The van der Waals surface area contributed by atoms with Crippen LogP contribution in [0, 0.1) is 6.92 Å². The molecule has 1 nitrogen and oxygen atoms in total. The van der Waals surface area contributed by atoms with Gasteiger partial charge in [-0.25, -0.2) is 0 Å². The minimum absolute atomic E-state index is 0.0986. The van der Waals surface area contributed by atoms with E-state index in [4.69, 9.17) is 0 Å². The van der Waals surface area contributed by atoms with Crippen molar-refractivity contribution in [3.05, 3.63) is 29.3 Å². The summed E-state index contributed by atoms with van der Waals surface area (Å²) in [6.45, 7) is 4.42. The van der Waals surface area contributed by atoms with Crippen LogP contribution >= 0.6 is 11.8 Å². The average molecular weight is 232 g/mol. The molecule has 0 bridgehead atoms. The Labute approximate surface area is 101 Å². The van der Waals surface area contributed by atoms with E-state index >= 15 is 0 Å². The van der Waals surface area contributed by atoms with Gasteiger partial charge in [-0.3, -0.25) is 4.79 Å². The maximum atomic E-state index is 12.0. The topological polar surface area (TPSA) is 17.1 Å². The summed E-state index contributed by atoms with van der Waals surface area (Å²) in [5.41, 5.74) is 2.84. The summed E-state index contributed by atoms with van der Waals surface area (Å²) in [6.07, 6.45) is 2.99. The molecule has 2 atom stereocenters. The van der Waals surface area contributed by atoms with E-state index in [1.807, 2.05) is 0 Å². The predicted molar refractivity (Wildman–Crippen MR) is 67.0 cm³/mol. The lowest BCUT2D eigenvalue weighted by molar-refractivity contribution is -0.121. The van der Waals surface area contributed by atoms with Crippen LogP contribution < -0.4 is 0 Å². The molecule has 1 aliphatic heterocycles. The molecular weight excluding hydrogens is 216 g/mol. The second kappa shape index (κ2) is 3.36. The first-order valence-corrected chi connectivity index (χ1v) is 6.80. The molecule has 1 aromatic carbocycles. The second-order valence-electron chi connectivity index (χ2n) is 5.19. The first-order chi connectivity index (χ1) is 7.63. The zero-order valence-corrected chi connectivity index (χ0v) is 10.6. The Kier molecular flexibility index (Phi) is 2.19. The average Bonchev–Trinajstić information content (AvgIpc) is 2.55. The summed E-state index contributed by atoms with van der Waals surface area (Å²) in [4.78, 5) is 13.4. The quantitative estimate of drug-likeness (QED) is 0.681. The lowest BCUT2D eigenvalue weighted by Crippen LogP contribution is -2.40. The molecule has 1 fully saturated rings. The van der Waals surface area contributed by atoms with Gasteiger partial charge in [-0.05, 0) is 30.9 Å². The van der Waals surface area contributed by atoms with Gasteiger partial charge < -0.3 is 0 Å². The molecule has 0 aromatic heterocycles. The molecule has 0 amide bonds. The number of hydrogen-bond donors (Lipinski definition) is 0. The highest BCUT2D eigenvalue weighted by atomic mass is 32.2. The van der Waals surface area contributed by atoms with Crippen LogP contribution in [-0.4, -0.2) is 11.0 Å². The molecule has 0 N–H and O–H groups in total. The fourth-order valence-corrected chi connectivity index (χ4v) is 4.77. The highest BCUT2D eigenvalue weighted by Gasteiger charge is 2.49. The van der Waals surface area contributed by atoms with Gasteiger partial charge in [-0.1, -0.05) is 25.1 Å². The van der Waals surface area contributed by atoms with E-state index in [1.54, 1.807) is 11.8 Å². The van der Waals surface area contributed by atoms with Gasteiger partial charge in [0.05, 0.1) is 5.25 Å². The number of fused-ring (bicyclic) bond motifs is 3. The Morgan fingerprint density at radius 3 is 3.06 bits per heavy atom. The minimum Gasteiger partial charge on any atom is -0.298 e.